The maximum Gasteiger partial charge on any atom is 0.246 e. The first-order valence-corrected chi connectivity index (χ1v) is 6.82. The summed E-state index contributed by atoms with van der Waals surface area (Å²) in [6, 6.07) is 11.4. The third kappa shape index (κ3) is 4.53. The van der Waals surface area contributed by atoms with E-state index in [-0.39, 0.29) is 5.91 Å². The fraction of sp³-hybridized carbons (Fsp3) is 0.235. The summed E-state index contributed by atoms with van der Waals surface area (Å²) in [4.78, 5) is 13.5. The molecule has 2 aromatic rings. The van der Waals surface area contributed by atoms with Crippen LogP contribution < -0.4 is 4.74 Å². The second-order valence-corrected chi connectivity index (χ2v) is 4.72. The van der Waals surface area contributed by atoms with Crippen molar-refractivity contribution in [1.29, 1.82) is 0 Å². The molecule has 1 heterocycles. The number of carbonyl (C=O) groups excluding carboxylic acids is 1. The molecule has 0 saturated carbocycles. The van der Waals surface area contributed by atoms with Crippen LogP contribution in [0.25, 0.3) is 6.08 Å². The van der Waals surface area contributed by atoms with Gasteiger partial charge in [-0.2, -0.15) is 0 Å². The molecule has 0 aliphatic carbocycles. The number of likely N-dealkylation sites (N-methyl/N-ethyl adjacent to an activating group) is 1. The molecule has 0 spiro atoms. The lowest BCUT2D eigenvalue weighted by atomic mass is 10.2. The summed E-state index contributed by atoms with van der Waals surface area (Å²) in [5, 5.41) is 0. The van der Waals surface area contributed by atoms with Crippen LogP contribution in [0, 0.1) is 6.92 Å². The third-order valence-corrected chi connectivity index (χ3v) is 3.09. The van der Waals surface area contributed by atoms with E-state index in [9.17, 15) is 4.79 Å². The van der Waals surface area contributed by atoms with Crippen molar-refractivity contribution in [2.45, 2.75) is 6.92 Å². The van der Waals surface area contributed by atoms with Gasteiger partial charge >= 0.3 is 0 Å². The molecule has 0 radical (unpaired) electrons. The van der Waals surface area contributed by atoms with Gasteiger partial charge in [-0.3, -0.25) is 4.79 Å². The van der Waals surface area contributed by atoms with Crippen LogP contribution in [0.5, 0.6) is 5.75 Å². The lowest BCUT2D eigenvalue weighted by molar-refractivity contribution is -0.125. The number of amides is 1. The van der Waals surface area contributed by atoms with Gasteiger partial charge in [-0.05, 0) is 36.8 Å². The SMILES string of the molecule is Cc1ccccc1OCCN(C)C(=O)/C=C/c1ccco1. The monoisotopic (exact) mass is 285 g/mol. The molecule has 110 valence electrons. The van der Waals surface area contributed by atoms with Gasteiger partial charge in [-0.15, -0.1) is 0 Å². The number of para-hydroxylation sites is 1. The highest BCUT2D eigenvalue weighted by molar-refractivity contribution is 5.91. The van der Waals surface area contributed by atoms with E-state index in [1.165, 1.54) is 6.08 Å². The summed E-state index contributed by atoms with van der Waals surface area (Å²) >= 11 is 0. The number of furan rings is 1. The second-order valence-electron chi connectivity index (χ2n) is 4.72. The smallest absolute Gasteiger partial charge is 0.246 e. The molecule has 0 fully saturated rings. The van der Waals surface area contributed by atoms with E-state index < -0.39 is 0 Å². The highest BCUT2D eigenvalue weighted by Crippen LogP contribution is 2.15. The normalized spacial score (nSPS) is 10.8. The van der Waals surface area contributed by atoms with E-state index in [4.69, 9.17) is 9.15 Å². The minimum atomic E-state index is -0.0835. The molecule has 0 atom stereocenters. The van der Waals surface area contributed by atoms with E-state index >= 15 is 0 Å². The van der Waals surface area contributed by atoms with Crippen LogP contribution in [0.3, 0.4) is 0 Å². The van der Waals surface area contributed by atoms with Crippen molar-refractivity contribution < 1.29 is 13.9 Å². The molecular weight excluding hydrogens is 266 g/mol. The number of ether oxygens (including phenoxy) is 1. The number of nitrogens with zero attached hydrogens (tertiary/aromatic N) is 1. The minimum absolute atomic E-state index is 0.0835. The quantitative estimate of drug-likeness (QED) is 0.766. The Kier molecular flexibility index (Phi) is 5.21. The Labute approximate surface area is 124 Å². The van der Waals surface area contributed by atoms with Gasteiger partial charge in [0.05, 0.1) is 12.8 Å². The van der Waals surface area contributed by atoms with Gasteiger partial charge in [0.15, 0.2) is 0 Å². The van der Waals surface area contributed by atoms with Crippen molar-refractivity contribution in [3.05, 3.63) is 60.1 Å². The topological polar surface area (TPSA) is 42.7 Å². The summed E-state index contributed by atoms with van der Waals surface area (Å²) in [6.45, 7) is 2.98. The Morgan fingerprint density at radius 1 is 1.29 bits per heavy atom. The minimum Gasteiger partial charge on any atom is -0.491 e. The molecule has 4 nitrogen and oxygen atoms in total. The third-order valence-electron chi connectivity index (χ3n) is 3.09. The molecule has 0 aliphatic heterocycles. The van der Waals surface area contributed by atoms with E-state index in [2.05, 4.69) is 0 Å². The van der Waals surface area contributed by atoms with Crippen molar-refractivity contribution >= 4 is 12.0 Å². The molecule has 4 heteroatoms. The van der Waals surface area contributed by atoms with Crippen molar-refractivity contribution in [3.63, 3.8) is 0 Å². The van der Waals surface area contributed by atoms with Crippen LogP contribution in [0.4, 0.5) is 0 Å². The molecule has 1 aromatic heterocycles. The van der Waals surface area contributed by atoms with Crippen LogP contribution in [-0.4, -0.2) is 31.0 Å². The number of benzene rings is 1. The largest absolute Gasteiger partial charge is 0.491 e. The summed E-state index contributed by atoms with van der Waals surface area (Å²) < 4.78 is 10.8. The number of aryl methyl sites for hydroxylation is 1. The van der Waals surface area contributed by atoms with E-state index in [1.54, 1.807) is 36.4 Å². The van der Waals surface area contributed by atoms with E-state index in [0.717, 1.165) is 11.3 Å². The van der Waals surface area contributed by atoms with Crippen LogP contribution >= 0.6 is 0 Å². The van der Waals surface area contributed by atoms with Crippen molar-refractivity contribution in [2.24, 2.45) is 0 Å². The molecule has 0 N–H and O–H groups in total. The number of rotatable bonds is 6. The van der Waals surface area contributed by atoms with Gasteiger partial charge in [0.1, 0.15) is 18.1 Å². The Morgan fingerprint density at radius 2 is 2.10 bits per heavy atom. The van der Waals surface area contributed by atoms with E-state index in [1.807, 2.05) is 31.2 Å². The van der Waals surface area contributed by atoms with Gasteiger partial charge in [0.25, 0.3) is 0 Å². The molecule has 0 unspecified atom stereocenters. The van der Waals surface area contributed by atoms with Gasteiger partial charge in [-0.25, -0.2) is 0 Å². The van der Waals surface area contributed by atoms with Crippen LogP contribution in [0.15, 0.2) is 53.2 Å². The van der Waals surface area contributed by atoms with Crippen LogP contribution in [0.2, 0.25) is 0 Å². The first kappa shape index (κ1) is 14.9. The van der Waals surface area contributed by atoms with Crippen molar-refractivity contribution in [1.82, 2.24) is 4.90 Å². The molecule has 0 saturated heterocycles. The van der Waals surface area contributed by atoms with Gasteiger partial charge in [0.2, 0.25) is 5.91 Å². The van der Waals surface area contributed by atoms with Gasteiger partial charge < -0.3 is 14.1 Å². The fourth-order valence-electron chi connectivity index (χ4n) is 1.79. The fourth-order valence-corrected chi connectivity index (χ4v) is 1.79. The number of carbonyl (C=O) groups is 1. The Bertz CT molecular complexity index is 602. The maximum absolute atomic E-state index is 11.9. The van der Waals surface area contributed by atoms with Crippen LogP contribution in [-0.2, 0) is 4.79 Å². The predicted octanol–water partition coefficient (Wildman–Crippen LogP) is 3.14. The summed E-state index contributed by atoms with van der Waals surface area (Å²) in [7, 11) is 1.75. The first-order chi connectivity index (χ1) is 10.2. The van der Waals surface area contributed by atoms with Gasteiger partial charge in [-0.1, -0.05) is 18.2 Å². The zero-order valence-corrected chi connectivity index (χ0v) is 12.3. The Hall–Kier alpha value is -2.49. The Morgan fingerprint density at radius 3 is 2.81 bits per heavy atom. The zero-order chi connectivity index (χ0) is 15.1. The average molecular weight is 285 g/mol. The number of hydrogen-bond acceptors (Lipinski definition) is 3. The highest BCUT2D eigenvalue weighted by atomic mass is 16.5. The molecule has 2 rings (SSSR count). The predicted molar refractivity (Wildman–Crippen MR) is 82.1 cm³/mol. The molecule has 21 heavy (non-hydrogen) atoms. The van der Waals surface area contributed by atoms with Crippen molar-refractivity contribution in [3.8, 4) is 5.75 Å². The molecule has 1 aromatic carbocycles. The van der Waals surface area contributed by atoms with Gasteiger partial charge in [0, 0.05) is 13.1 Å². The zero-order valence-electron chi connectivity index (χ0n) is 12.3. The molecular formula is C17H19NO3. The van der Waals surface area contributed by atoms with E-state index in [0.29, 0.717) is 18.9 Å². The van der Waals surface area contributed by atoms with Crippen LogP contribution in [0.1, 0.15) is 11.3 Å². The molecule has 1 amide bonds. The second kappa shape index (κ2) is 7.33. The molecule has 0 bridgehead atoms. The Balaban J connectivity index is 1.78. The average Bonchev–Trinajstić information content (AvgIpc) is 3.00. The molecule has 0 aliphatic rings. The maximum atomic E-state index is 11.9. The van der Waals surface area contributed by atoms with Crippen molar-refractivity contribution in [2.75, 3.05) is 20.2 Å². The highest BCUT2D eigenvalue weighted by Gasteiger charge is 2.05. The summed E-state index contributed by atoms with van der Waals surface area (Å²) in [5.41, 5.74) is 1.09. The standard InChI is InChI=1S/C17H19NO3/c1-14-6-3-4-8-16(14)21-13-11-18(2)17(19)10-9-15-7-5-12-20-15/h3-10,12H,11,13H2,1-2H3/b10-9+. The summed E-state index contributed by atoms with van der Waals surface area (Å²) in [5.74, 6) is 1.43. The number of hydrogen-bond donors (Lipinski definition) is 0. The lowest BCUT2D eigenvalue weighted by Gasteiger charge is -2.16. The summed E-state index contributed by atoms with van der Waals surface area (Å²) in [6.07, 6.45) is 4.72. The first-order valence-electron chi connectivity index (χ1n) is 6.82. The lowest BCUT2D eigenvalue weighted by Crippen LogP contribution is -2.29.